The van der Waals surface area contributed by atoms with Crippen molar-refractivity contribution in [3.63, 3.8) is 0 Å². The van der Waals surface area contributed by atoms with Crippen molar-refractivity contribution in [1.82, 2.24) is 9.88 Å². The molecule has 96 valence electrons. The Labute approximate surface area is 106 Å². The molecule has 4 nitrogen and oxygen atoms in total. The lowest BCUT2D eigenvalue weighted by atomic mass is 10.1. The van der Waals surface area contributed by atoms with E-state index in [0.29, 0.717) is 6.07 Å². The molecule has 1 rings (SSSR count). The van der Waals surface area contributed by atoms with Crippen molar-refractivity contribution >= 4 is 17.5 Å². The minimum absolute atomic E-state index is 0.376. The van der Waals surface area contributed by atoms with E-state index in [1.807, 2.05) is 0 Å². The molecule has 1 aromatic rings. The molecule has 0 aliphatic rings. The Morgan fingerprint density at radius 2 is 2.22 bits per heavy atom. The molecule has 0 aliphatic carbocycles. The van der Waals surface area contributed by atoms with Gasteiger partial charge in [-0.15, -0.1) is 11.6 Å². The molecular weight excluding hydrogens is 271 g/mol. The molecule has 18 heavy (non-hydrogen) atoms. The lowest BCUT2D eigenvalue weighted by Crippen LogP contribution is -2.32. The Morgan fingerprint density at radius 1 is 1.56 bits per heavy atom. The van der Waals surface area contributed by atoms with Crippen molar-refractivity contribution in [2.75, 3.05) is 12.5 Å². The molecule has 0 unspecified atom stereocenters. The van der Waals surface area contributed by atoms with Crippen molar-refractivity contribution in [3.8, 4) is 6.07 Å². The van der Waals surface area contributed by atoms with Crippen molar-refractivity contribution in [2.45, 2.75) is 6.18 Å². The summed E-state index contributed by atoms with van der Waals surface area (Å²) in [6.45, 7) is -0.394. The predicted molar refractivity (Wildman–Crippen MR) is 56.6 cm³/mol. The first-order valence-corrected chi connectivity index (χ1v) is 5.18. The lowest BCUT2D eigenvalue weighted by Gasteiger charge is -2.18. The molecule has 0 radical (unpaired) electrons. The first-order chi connectivity index (χ1) is 8.41. The third-order valence-electron chi connectivity index (χ3n) is 2.05. The Morgan fingerprint density at radius 3 is 2.72 bits per heavy atom. The number of alkyl halides is 4. The van der Waals surface area contributed by atoms with Gasteiger partial charge in [-0.05, 0) is 6.07 Å². The maximum absolute atomic E-state index is 12.7. The third-order valence-corrected chi connectivity index (χ3v) is 2.34. The lowest BCUT2D eigenvalue weighted by molar-refractivity contribution is -0.138. The Hall–Kier alpha value is -1.81. The van der Waals surface area contributed by atoms with E-state index in [-0.39, 0.29) is 6.00 Å². The van der Waals surface area contributed by atoms with Gasteiger partial charge in [0, 0.05) is 12.4 Å². The van der Waals surface area contributed by atoms with Crippen LogP contribution >= 0.6 is 11.6 Å². The van der Waals surface area contributed by atoms with E-state index >= 15 is 0 Å². The summed E-state index contributed by atoms with van der Waals surface area (Å²) in [5.41, 5.74) is -1.73. The number of rotatable bonds is 3. The third kappa shape index (κ3) is 3.11. The number of carbonyl (C=O) groups excluding carboxylic acids is 1. The quantitative estimate of drug-likeness (QED) is 0.484. The van der Waals surface area contributed by atoms with E-state index in [4.69, 9.17) is 16.9 Å². The topological polar surface area (TPSA) is 57.0 Å². The monoisotopic (exact) mass is 277 g/mol. The van der Waals surface area contributed by atoms with Crippen LogP contribution in [0.5, 0.6) is 0 Å². The summed E-state index contributed by atoms with van der Waals surface area (Å²) in [5, 5.41) is 8.45. The minimum atomic E-state index is -4.67. The van der Waals surface area contributed by atoms with Gasteiger partial charge in [-0.25, -0.2) is 0 Å². The van der Waals surface area contributed by atoms with Crippen LogP contribution < -0.4 is 0 Å². The fourth-order valence-electron chi connectivity index (χ4n) is 1.24. The summed E-state index contributed by atoms with van der Waals surface area (Å²) < 4.78 is 38.0. The second-order valence-corrected chi connectivity index (χ2v) is 3.44. The number of hydrogen-bond acceptors (Lipinski definition) is 3. The van der Waals surface area contributed by atoms with Gasteiger partial charge in [0.25, 0.3) is 5.91 Å². The van der Waals surface area contributed by atoms with Crippen LogP contribution in [0.1, 0.15) is 15.9 Å². The van der Waals surface area contributed by atoms with Crippen LogP contribution in [0, 0.1) is 11.3 Å². The normalized spacial score (nSPS) is 10.8. The van der Waals surface area contributed by atoms with E-state index < -0.39 is 29.8 Å². The highest BCUT2D eigenvalue weighted by Gasteiger charge is 2.36. The fourth-order valence-corrected chi connectivity index (χ4v) is 1.43. The van der Waals surface area contributed by atoms with E-state index in [1.165, 1.54) is 0 Å². The zero-order chi connectivity index (χ0) is 13.8. The van der Waals surface area contributed by atoms with Gasteiger partial charge in [-0.3, -0.25) is 9.78 Å². The average molecular weight is 278 g/mol. The van der Waals surface area contributed by atoms with E-state index in [9.17, 15) is 18.0 Å². The molecule has 1 heterocycles. The summed E-state index contributed by atoms with van der Waals surface area (Å²) in [4.78, 5) is 16.1. The summed E-state index contributed by atoms with van der Waals surface area (Å²) >= 11 is 5.41. The number of halogens is 4. The zero-order valence-corrected chi connectivity index (χ0v) is 9.66. The van der Waals surface area contributed by atoms with Gasteiger partial charge < -0.3 is 4.90 Å². The summed E-state index contributed by atoms with van der Waals surface area (Å²) in [7, 11) is 0. The van der Waals surface area contributed by atoms with Gasteiger partial charge in [-0.2, -0.15) is 18.4 Å². The van der Waals surface area contributed by atoms with Crippen LogP contribution in [0.4, 0.5) is 13.2 Å². The highest BCUT2D eigenvalue weighted by Crippen LogP contribution is 2.31. The Kier molecular flexibility index (Phi) is 4.50. The summed E-state index contributed by atoms with van der Waals surface area (Å²) in [6.07, 6.45) is -2.92. The molecule has 0 N–H and O–H groups in total. The molecule has 0 spiro atoms. The Balaban J connectivity index is 3.18. The minimum Gasteiger partial charge on any atom is -0.312 e. The standard InChI is InChI=1S/C10H7ClF3N3O/c11-6-17(4-2-15)9(18)7-5-16-3-1-8(7)10(12,13)14/h1,3,5H,4,6H2. The molecule has 0 atom stereocenters. The van der Waals surface area contributed by atoms with Crippen LogP contribution in [0.2, 0.25) is 0 Å². The van der Waals surface area contributed by atoms with Crippen molar-refractivity contribution in [2.24, 2.45) is 0 Å². The van der Waals surface area contributed by atoms with Crippen molar-refractivity contribution in [3.05, 3.63) is 29.6 Å². The summed E-state index contributed by atoms with van der Waals surface area (Å²) in [6, 6.07) is 1.97. The first kappa shape index (κ1) is 14.3. The molecule has 0 aromatic carbocycles. The molecule has 0 saturated heterocycles. The van der Waals surface area contributed by atoms with Crippen LogP contribution in [0.25, 0.3) is 0 Å². The molecule has 1 amide bonds. The largest absolute Gasteiger partial charge is 0.417 e. The second kappa shape index (κ2) is 5.69. The van der Waals surface area contributed by atoms with E-state index in [1.54, 1.807) is 6.07 Å². The highest BCUT2D eigenvalue weighted by atomic mass is 35.5. The number of aromatic nitrogens is 1. The first-order valence-electron chi connectivity index (χ1n) is 4.65. The SMILES string of the molecule is N#CCN(CCl)C(=O)c1cnccc1C(F)(F)F. The van der Waals surface area contributed by atoms with Crippen LogP contribution in [0.3, 0.4) is 0 Å². The van der Waals surface area contributed by atoms with Crippen LogP contribution in [0.15, 0.2) is 18.5 Å². The van der Waals surface area contributed by atoms with Crippen molar-refractivity contribution < 1.29 is 18.0 Å². The van der Waals surface area contributed by atoms with Gasteiger partial charge in [-0.1, -0.05) is 0 Å². The Bertz CT molecular complexity index is 484. The second-order valence-electron chi connectivity index (χ2n) is 3.20. The average Bonchev–Trinajstić information content (AvgIpc) is 2.34. The fraction of sp³-hybridized carbons (Fsp3) is 0.300. The predicted octanol–water partition coefficient (Wildman–Crippen LogP) is 2.26. The number of nitrogens with zero attached hydrogens (tertiary/aromatic N) is 3. The molecule has 0 fully saturated rings. The van der Waals surface area contributed by atoms with E-state index in [0.717, 1.165) is 17.3 Å². The van der Waals surface area contributed by atoms with Gasteiger partial charge in [0.1, 0.15) is 6.54 Å². The van der Waals surface area contributed by atoms with E-state index in [2.05, 4.69) is 4.98 Å². The number of pyridine rings is 1. The highest BCUT2D eigenvalue weighted by molar-refractivity contribution is 6.19. The molecule has 8 heteroatoms. The van der Waals surface area contributed by atoms with Crippen molar-refractivity contribution in [1.29, 1.82) is 5.26 Å². The smallest absolute Gasteiger partial charge is 0.312 e. The maximum atomic E-state index is 12.7. The molecule has 0 bridgehead atoms. The maximum Gasteiger partial charge on any atom is 0.417 e. The van der Waals surface area contributed by atoms with Gasteiger partial charge in [0.2, 0.25) is 0 Å². The number of amides is 1. The molecular formula is C10H7ClF3N3O. The summed E-state index contributed by atoms with van der Waals surface area (Å²) in [5.74, 6) is -0.980. The number of carbonyl (C=O) groups is 1. The zero-order valence-electron chi connectivity index (χ0n) is 8.91. The van der Waals surface area contributed by atoms with Gasteiger partial charge in [0.05, 0.1) is 23.2 Å². The molecule has 1 aromatic heterocycles. The van der Waals surface area contributed by atoms with Crippen LogP contribution in [-0.2, 0) is 6.18 Å². The van der Waals surface area contributed by atoms with Gasteiger partial charge in [0.15, 0.2) is 0 Å². The van der Waals surface area contributed by atoms with Gasteiger partial charge >= 0.3 is 6.18 Å². The number of hydrogen-bond donors (Lipinski definition) is 0. The molecule has 0 aliphatic heterocycles. The molecule has 0 saturated carbocycles. The van der Waals surface area contributed by atoms with Crippen LogP contribution in [-0.4, -0.2) is 28.3 Å². The number of nitriles is 1.